The van der Waals surface area contributed by atoms with E-state index >= 15 is 0 Å². The number of nitrogens with one attached hydrogen (secondary N) is 3. The Bertz CT molecular complexity index is 800. The summed E-state index contributed by atoms with van der Waals surface area (Å²) in [6, 6.07) is 11.5. The molecule has 0 atom stereocenters. The topological polar surface area (TPSA) is 96.5 Å². The maximum Gasteiger partial charge on any atom is 0.259 e. The molecule has 0 spiro atoms. The van der Waals surface area contributed by atoms with Crippen LogP contribution in [0.5, 0.6) is 5.75 Å². The van der Waals surface area contributed by atoms with Gasteiger partial charge in [0.05, 0.1) is 12.7 Å². The average Bonchev–Trinajstić information content (AvgIpc) is 2.55. The van der Waals surface area contributed by atoms with Crippen LogP contribution in [-0.4, -0.2) is 24.8 Å². The molecule has 3 N–H and O–H groups in total. The number of benzene rings is 2. The molecule has 0 aliphatic carbocycles. The van der Waals surface area contributed by atoms with Crippen LogP contribution in [0.4, 0.5) is 17.1 Å². The molecule has 0 fully saturated rings. The van der Waals surface area contributed by atoms with Crippen LogP contribution in [0.3, 0.4) is 0 Å². The van der Waals surface area contributed by atoms with Crippen LogP contribution in [0, 0.1) is 0 Å². The summed E-state index contributed by atoms with van der Waals surface area (Å²) in [5.41, 5.74) is 1.99. The van der Waals surface area contributed by atoms with Crippen molar-refractivity contribution in [1.29, 1.82) is 0 Å². The molecule has 130 valence electrons. The molecule has 7 heteroatoms. The van der Waals surface area contributed by atoms with E-state index in [-0.39, 0.29) is 17.7 Å². The van der Waals surface area contributed by atoms with E-state index in [1.807, 2.05) is 0 Å². The summed E-state index contributed by atoms with van der Waals surface area (Å²) in [4.78, 5) is 34.7. The van der Waals surface area contributed by atoms with E-state index in [2.05, 4.69) is 16.0 Å². The van der Waals surface area contributed by atoms with Crippen molar-refractivity contribution in [3.05, 3.63) is 48.0 Å². The summed E-state index contributed by atoms with van der Waals surface area (Å²) in [7, 11) is 1.46. The largest absolute Gasteiger partial charge is 0.496 e. The summed E-state index contributed by atoms with van der Waals surface area (Å²) in [5, 5.41) is 8.02. The summed E-state index contributed by atoms with van der Waals surface area (Å²) >= 11 is 0. The molecule has 0 radical (unpaired) electrons. The number of methoxy groups -OCH3 is 1. The van der Waals surface area contributed by atoms with Gasteiger partial charge in [-0.25, -0.2) is 0 Å². The number of carbonyl (C=O) groups is 3. The van der Waals surface area contributed by atoms with Gasteiger partial charge in [-0.3, -0.25) is 14.4 Å². The first kappa shape index (κ1) is 18.0. The molecule has 2 rings (SSSR count). The van der Waals surface area contributed by atoms with Gasteiger partial charge in [0.25, 0.3) is 5.91 Å². The normalized spacial score (nSPS) is 9.88. The highest BCUT2D eigenvalue weighted by Gasteiger charge is 2.14. The van der Waals surface area contributed by atoms with Crippen LogP contribution in [0.1, 0.15) is 24.2 Å². The molecule has 0 aliphatic heterocycles. The third-order valence-corrected chi connectivity index (χ3v) is 3.23. The number of anilines is 3. The first-order valence-corrected chi connectivity index (χ1v) is 7.53. The fraction of sp³-hybridized carbons (Fsp3) is 0.167. The number of hydrogen-bond donors (Lipinski definition) is 3. The monoisotopic (exact) mass is 341 g/mol. The smallest absolute Gasteiger partial charge is 0.259 e. The third kappa shape index (κ3) is 5.07. The zero-order valence-electron chi connectivity index (χ0n) is 14.2. The van der Waals surface area contributed by atoms with E-state index in [4.69, 9.17) is 4.74 Å². The lowest BCUT2D eigenvalue weighted by molar-refractivity contribution is -0.115. The van der Waals surface area contributed by atoms with E-state index < -0.39 is 0 Å². The molecule has 0 saturated heterocycles. The minimum absolute atomic E-state index is 0.170. The molecule has 0 aromatic heterocycles. The van der Waals surface area contributed by atoms with Gasteiger partial charge in [0, 0.05) is 30.9 Å². The third-order valence-electron chi connectivity index (χ3n) is 3.23. The predicted molar refractivity (Wildman–Crippen MR) is 96.0 cm³/mol. The van der Waals surface area contributed by atoms with E-state index in [0.29, 0.717) is 28.4 Å². The molecule has 2 aromatic carbocycles. The van der Waals surface area contributed by atoms with Crippen LogP contribution in [0.2, 0.25) is 0 Å². The summed E-state index contributed by atoms with van der Waals surface area (Å²) in [5.74, 6) is -0.390. The van der Waals surface area contributed by atoms with Crippen molar-refractivity contribution in [1.82, 2.24) is 0 Å². The van der Waals surface area contributed by atoms with Crippen molar-refractivity contribution in [2.45, 2.75) is 13.8 Å². The lowest BCUT2D eigenvalue weighted by atomic mass is 10.1. The Balaban J connectivity index is 2.19. The summed E-state index contributed by atoms with van der Waals surface area (Å²) < 4.78 is 5.21. The maximum atomic E-state index is 12.5. The van der Waals surface area contributed by atoms with Crippen molar-refractivity contribution in [2.75, 3.05) is 23.1 Å². The lowest BCUT2D eigenvalue weighted by Crippen LogP contribution is -2.14. The number of rotatable bonds is 5. The molecule has 3 amide bonds. The van der Waals surface area contributed by atoms with Gasteiger partial charge in [-0.2, -0.15) is 0 Å². The van der Waals surface area contributed by atoms with Crippen molar-refractivity contribution < 1.29 is 19.1 Å². The van der Waals surface area contributed by atoms with Gasteiger partial charge in [0.15, 0.2) is 0 Å². The van der Waals surface area contributed by atoms with Crippen LogP contribution in [0.15, 0.2) is 42.5 Å². The Kier molecular flexibility index (Phi) is 5.73. The first-order chi connectivity index (χ1) is 11.9. The lowest BCUT2D eigenvalue weighted by Gasteiger charge is -2.12. The van der Waals surface area contributed by atoms with Crippen LogP contribution in [-0.2, 0) is 9.59 Å². The van der Waals surface area contributed by atoms with Gasteiger partial charge in [0.1, 0.15) is 5.75 Å². The second-order valence-corrected chi connectivity index (χ2v) is 5.31. The van der Waals surface area contributed by atoms with Crippen LogP contribution >= 0.6 is 0 Å². The minimum Gasteiger partial charge on any atom is -0.496 e. The van der Waals surface area contributed by atoms with Gasteiger partial charge in [-0.1, -0.05) is 0 Å². The summed E-state index contributed by atoms with van der Waals surface area (Å²) in [6.45, 7) is 2.81. The van der Waals surface area contributed by atoms with E-state index in [1.165, 1.54) is 21.0 Å². The van der Waals surface area contributed by atoms with E-state index in [9.17, 15) is 14.4 Å². The van der Waals surface area contributed by atoms with Crippen LogP contribution in [0.25, 0.3) is 0 Å². The van der Waals surface area contributed by atoms with Crippen molar-refractivity contribution in [3.8, 4) is 5.75 Å². The molecular formula is C18H19N3O4. The number of amides is 3. The highest BCUT2D eigenvalue weighted by atomic mass is 16.5. The highest BCUT2D eigenvalue weighted by Crippen LogP contribution is 2.24. The van der Waals surface area contributed by atoms with Gasteiger partial charge < -0.3 is 20.7 Å². The Labute approximate surface area is 145 Å². The molecule has 25 heavy (non-hydrogen) atoms. The SMILES string of the molecule is COc1ccc(NC(C)=O)cc1C(=O)Nc1ccc(NC(C)=O)cc1. The van der Waals surface area contributed by atoms with Crippen LogP contribution < -0.4 is 20.7 Å². The fourth-order valence-electron chi connectivity index (χ4n) is 2.21. The molecule has 0 saturated carbocycles. The fourth-order valence-corrected chi connectivity index (χ4v) is 2.21. The minimum atomic E-state index is -0.378. The average molecular weight is 341 g/mol. The standard InChI is InChI=1S/C18H19N3O4/c1-11(22)19-13-4-6-14(7-5-13)21-18(24)16-10-15(20-12(2)23)8-9-17(16)25-3/h4-10H,1-3H3,(H,19,22)(H,20,23)(H,21,24). The van der Waals surface area contributed by atoms with E-state index in [0.717, 1.165) is 0 Å². The van der Waals surface area contributed by atoms with E-state index in [1.54, 1.807) is 42.5 Å². The number of ether oxygens (including phenoxy) is 1. The second-order valence-electron chi connectivity index (χ2n) is 5.31. The predicted octanol–water partition coefficient (Wildman–Crippen LogP) is 2.86. The molecule has 0 bridgehead atoms. The quantitative estimate of drug-likeness (QED) is 0.779. The Morgan fingerprint density at radius 3 is 1.76 bits per heavy atom. The molecule has 0 unspecified atom stereocenters. The number of hydrogen-bond acceptors (Lipinski definition) is 4. The molecule has 0 heterocycles. The van der Waals surface area contributed by atoms with Gasteiger partial charge in [-0.15, -0.1) is 0 Å². The molecule has 2 aromatic rings. The zero-order chi connectivity index (χ0) is 18.4. The molecule has 0 aliphatic rings. The Morgan fingerprint density at radius 1 is 0.760 bits per heavy atom. The second kappa shape index (κ2) is 7.96. The van der Waals surface area contributed by atoms with Crippen molar-refractivity contribution in [2.24, 2.45) is 0 Å². The number of carbonyl (C=O) groups excluding carboxylic acids is 3. The van der Waals surface area contributed by atoms with Gasteiger partial charge in [-0.05, 0) is 42.5 Å². The van der Waals surface area contributed by atoms with Gasteiger partial charge >= 0.3 is 0 Å². The first-order valence-electron chi connectivity index (χ1n) is 7.53. The maximum absolute atomic E-state index is 12.5. The Morgan fingerprint density at radius 2 is 1.24 bits per heavy atom. The molecular weight excluding hydrogens is 322 g/mol. The van der Waals surface area contributed by atoms with Crippen molar-refractivity contribution >= 4 is 34.8 Å². The zero-order valence-corrected chi connectivity index (χ0v) is 14.2. The summed E-state index contributed by atoms with van der Waals surface area (Å²) in [6.07, 6.45) is 0. The highest BCUT2D eigenvalue weighted by molar-refractivity contribution is 6.07. The van der Waals surface area contributed by atoms with Crippen molar-refractivity contribution in [3.63, 3.8) is 0 Å². The molecule has 7 nitrogen and oxygen atoms in total. The Hall–Kier alpha value is -3.35. The van der Waals surface area contributed by atoms with Gasteiger partial charge in [0.2, 0.25) is 11.8 Å².